The number of carboxylic acid groups (broad SMARTS) is 1. The van der Waals surface area contributed by atoms with Crippen LogP contribution in [0.25, 0.3) is 0 Å². The number of hydrogen-bond acceptors (Lipinski definition) is 2. The van der Waals surface area contributed by atoms with Crippen LogP contribution in [0.3, 0.4) is 0 Å². The second kappa shape index (κ2) is 4.40. The van der Waals surface area contributed by atoms with Gasteiger partial charge >= 0.3 is 5.97 Å². The van der Waals surface area contributed by atoms with Gasteiger partial charge in [-0.05, 0) is 24.6 Å². The molecule has 0 radical (unpaired) electrons. The molecular formula is C8H12ClF2NO2. The summed E-state index contributed by atoms with van der Waals surface area (Å²) in [5, 5.41) is 8.42. The van der Waals surface area contributed by atoms with Crippen molar-refractivity contribution in [2.24, 2.45) is 0 Å². The van der Waals surface area contributed by atoms with E-state index >= 15 is 0 Å². The van der Waals surface area contributed by atoms with Gasteiger partial charge in [0.2, 0.25) is 0 Å². The molecule has 1 rings (SSSR count). The zero-order chi connectivity index (χ0) is 10.8. The molecular weight excluding hydrogens is 216 g/mol. The Labute approximate surface area is 85.7 Å². The van der Waals surface area contributed by atoms with Gasteiger partial charge in [0.15, 0.2) is 0 Å². The highest BCUT2D eigenvalue weighted by atomic mass is 35.5. The first-order valence-corrected chi connectivity index (χ1v) is 4.76. The molecule has 0 spiro atoms. The quantitative estimate of drug-likeness (QED) is 0.751. The van der Waals surface area contributed by atoms with Gasteiger partial charge < -0.3 is 5.11 Å². The summed E-state index contributed by atoms with van der Waals surface area (Å²) in [4.78, 5) is 10.3. The summed E-state index contributed by atoms with van der Waals surface area (Å²) in [6.45, 7) is -0.487. The minimum Gasteiger partial charge on any atom is -0.481 e. The lowest BCUT2D eigenvalue weighted by atomic mass is 9.98. The highest BCUT2D eigenvalue weighted by molar-refractivity contribution is 6.13. The van der Waals surface area contributed by atoms with E-state index in [9.17, 15) is 13.6 Å². The molecule has 0 amide bonds. The monoisotopic (exact) mass is 227 g/mol. The highest BCUT2D eigenvalue weighted by Crippen LogP contribution is 2.32. The fourth-order valence-corrected chi connectivity index (χ4v) is 1.89. The zero-order valence-corrected chi connectivity index (χ0v) is 8.31. The van der Waals surface area contributed by atoms with Crippen molar-refractivity contribution in [3.8, 4) is 0 Å². The molecule has 0 unspecified atom stereocenters. The van der Waals surface area contributed by atoms with E-state index in [1.165, 1.54) is 0 Å². The minimum absolute atomic E-state index is 0.0283. The first kappa shape index (κ1) is 11.7. The third-order valence-corrected chi connectivity index (χ3v) is 2.71. The summed E-state index contributed by atoms with van der Waals surface area (Å²) in [5.41, 5.74) is 0. The maximum atomic E-state index is 12.8. The predicted octanol–water partition coefficient (Wildman–Crippen LogP) is 2.10. The molecule has 0 aromatic heterocycles. The average molecular weight is 228 g/mol. The Morgan fingerprint density at radius 2 is 2.29 bits per heavy atom. The standard InChI is InChI=1S/C8H12ClF2NO2/c9-12-5-8(10,11)4-3-6(12)1-2-7(13)14/h6H,1-5H2,(H,13,14)/t6-/m1/s1. The SMILES string of the molecule is O=C(O)CC[C@@H]1CCC(F)(F)CN1Cl. The second-order valence-electron chi connectivity index (χ2n) is 3.54. The molecule has 0 bridgehead atoms. The van der Waals surface area contributed by atoms with Crippen LogP contribution in [0.5, 0.6) is 0 Å². The second-order valence-corrected chi connectivity index (χ2v) is 3.97. The van der Waals surface area contributed by atoms with Crippen molar-refractivity contribution in [2.75, 3.05) is 6.54 Å². The van der Waals surface area contributed by atoms with Crippen molar-refractivity contribution in [3.05, 3.63) is 0 Å². The lowest BCUT2D eigenvalue weighted by molar-refractivity contribution is -0.137. The van der Waals surface area contributed by atoms with Gasteiger partial charge in [-0.1, -0.05) is 0 Å². The number of alkyl halides is 2. The van der Waals surface area contributed by atoms with Gasteiger partial charge in [-0.25, -0.2) is 13.2 Å². The fourth-order valence-electron chi connectivity index (χ4n) is 1.52. The van der Waals surface area contributed by atoms with Crippen molar-refractivity contribution in [2.45, 2.75) is 37.6 Å². The fraction of sp³-hybridized carbons (Fsp3) is 0.875. The van der Waals surface area contributed by atoms with Gasteiger partial charge in [0.25, 0.3) is 5.92 Å². The molecule has 0 saturated carbocycles. The van der Waals surface area contributed by atoms with Crippen LogP contribution in [0.15, 0.2) is 0 Å². The normalized spacial score (nSPS) is 27.5. The Morgan fingerprint density at radius 1 is 1.64 bits per heavy atom. The molecule has 6 heteroatoms. The Hall–Kier alpha value is -0.420. The molecule has 0 aromatic carbocycles. The van der Waals surface area contributed by atoms with Crippen LogP contribution < -0.4 is 0 Å². The van der Waals surface area contributed by atoms with Crippen LogP contribution >= 0.6 is 11.8 Å². The lowest BCUT2D eigenvalue weighted by Crippen LogP contribution is -2.43. The molecule has 1 heterocycles. The van der Waals surface area contributed by atoms with E-state index < -0.39 is 18.4 Å². The summed E-state index contributed by atoms with van der Waals surface area (Å²) in [5.74, 6) is -3.66. The van der Waals surface area contributed by atoms with Gasteiger partial charge in [0.05, 0.1) is 6.54 Å². The molecule has 14 heavy (non-hydrogen) atoms. The molecule has 0 aromatic rings. The van der Waals surface area contributed by atoms with Gasteiger partial charge in [-0.15, -0.1) is 0 Å². The lowest BCUT2D eigenvalue weighted by Gasteiger charge is -2.34. The summed E-state index contributed by atoms with van der Waals surface area (Å²) in [6, 6.07) is -0.243. The van der Waals surface area contributed by atoms with Crippen molar-refractivity contribution in [3.63, 3.8) is 0 Å². The third kappa shape index (κ3) is 3.38. The van der Waals surface area contributed by atoms with Gasteiger partial charge in [-0.3, -0.25) is 4.79 Å². The maximum absolute atomic E-state index is 12.8. The molecule has 0 aliphatic carbocycles. The zero-order valence-electron chi connectivity index (χ0n) is 7.55. The number of hydrogen-bond donors (Lipinski definition) is 1. The van der Waals surface area contributed by atoms with Gasteiger partial charge in [0, 0.05) is 18.9 Å². The summed E-state index contributed by atoms with van der Waals surface area (Å²) in [7, 11) is 0. The van der Waals surface area contributed by atoms with Crippen LogP contribution in [0, 0.1) is 0 Å². The first-order valence-electron chi connectivity index (χ1n) is 4.43. The predicted molar refractivity (Wildman–Crippen MR) is 47.4 cm³/mol. The van der Waals surface area contributed by atoms with E-state index in [0.29, 0.717) is 6.42 Å². The van der Waals surface area contributed by atoms with Crippen LogP contribution in [0.2, 0.25) is 0 Å². The average Bonchev–Trinajstić information content (AvgIpc) is 2.00. The summed E-state index contributed by atoms with van der Waals surface area (Å²) < 4.78 is 26.6. The molecule has 1 fully saturated rings. The number of carbonyl (C=O) groups is 1. The molecule has 82 valence electrons. The molecule has 1 aliphatic heterocycles. The maximum Gasteiger partial charge on any atom is 0.303 e. The number of aliphatic carboxylic acids is 1. The Morgan fingerprint density at radius 3 is 2.79 bits per heavy atom. The van der Waals surface area contributed by atoms with E-state index in [4.69, 9.17) is 16.9 Å². The first-order chi connectivity index (χ1) is 6.41. The largest absolute Gasteiger partial charge is 0.481 e. The number of piperidine rings is 1. The molecule has 1 saturated heterocycles. The van der Waals surface area contributed by atoms with Crippen LogP contribution in [0.1, 0.15) is 25.7 Å². The molecule has 1 N–H and O–H groups in total. The number of rotatable bonds is 3. The number of halogens is 3. The van der Waals surface area contributed by atoms with Crippen LogP contribution in [-0.4, -0.2) is 34.0 Å². The highest BCUT2D eigenvalue weighted by Gasteiger charge is 2.39. The number of carboxylic acids is 1. The van der Waals surface area contributed by atoms with Crippen molar-refractivity contribution >= 4 is 17.7 Å². The molecule has 1 atom stereocenters. The summed E-state index contributed by atoms with van der Waals surface area (Å²) in [6.07, 6.45) is 0.346. The van der Waals surface area contributed by atoms with E-state index in [0.717, 1.165) is 4.42 Å². The number of nitrogens with zero attached hydrogens (tertiary/aromatic N) is 1. The van der Waals surface area contributed by atoms with E-state index in [2.05, 4.69) is 0 Å². The van der Waals surface area contributed by atoms with Crippen molar-refractivity contribution in [1.29, 1.82) is 0 Å². The van der Waals surface area contributed by atoms with Gasteiger partial charge in [0.1, 0.15) is 0 Å². The third-order valence-electron chi connectivity index (χ3n) is 2.31. The smallest absolute Gasteiger partial charge is 0.303 e. The van der Waals surface area contributed by atoms with Crippen molar-refractivity contribution < 1.29 is 18.7 Å². The van der Waals surface area contributed by atoms with E-state index in [1.807, 2.05) is 0 Å². The topological polar surface area (TPSA) is 40.5 Å². The Bertz CT molecular complexity index is 225. The van der Waals surface area contributed by atoms with Crippen LogP contribution in [-0.2, 0) is 4.79 Å². The van der Waals surface area contributed by atoms with Crippen molar-refractivity contribution in [1.82, 2.24) is 4.42 Å². The molecule has 1 aliphatic rings. The van der Waals surface area contributed by atoms with E-state index in [1.54, 1.807) is 0 Å². The minimum atomic E-state index is -2.73. The Balaban J connectivity index is 2.38. The molecule has 3 nitrogen and oxygen atoms in total. The summed E-state index contributed by atoms with van der Waals surface area (Å²) >= 11 is 5.61. The van der Waals surface area contributed by atoms with Crippen LogP contribution in [0.4, 0.5) is 8.78 Å². The van der Waals surface area contributed by atoms with E-state index in [-0.39, 0.29) is 25.3 Å². The Kier molecular flexibility index (Phi) is 3.66. The van der Waals surface area contributed by atoms with Gasteiger partial charge in [-0.2, -0.15) is 0 Å².